The number of carbonyl (C=O) groups is 1. The van der Waals surface area contributed by atoms with Gasteiger partial charge in [0.05, 0.1) is 6.61 Å². The highest BCUT2D eigenvalue weighted by Crippen LogP contribution is 2.26. The van der Waals surface area contributed by atoms with Crippen LogP contribution in [0, 0.1) is 5.82 Å². The van der Waals surface area contributed by atoms with Gasteiger partial charge in [-0.2, -0.15) is 0 Å². The van der Waals surface area contributed by atoms with E-state index in [0.717, 1.165) is 0 Å². The summed E-state index contributed by atoms with van der Waals surface area (Å²) >= 11 is 0. The van der Waals surface area contributed by atoms with Crippen LogP contribution in [0.5, 0.6) is 0 Å². The predicted molar refractivity (Wildman–Crippen MR) is 57.2 cm³/mol. The molecule has 0 fully saturated rings. The minimum Gasteiger partial charge on any atom is -0.464 e. The molecule has 0 heterocycles. The Morgan fingerprint density at radius 1 is 1.38 bits per heavy atom. The van der Waals surface area contributed by atoms with Crippen LogP contribution in [0.3, 0.4) is 0 Å². The van der Waals surface area contributed by atoms with E-state index in [4.69, 9.17) is 4.74 Å². The van der Waals surface area contributed by atoms with E-state index >= 15 is 0 Å². The van der Waals surface area contributed by atoms with Crippen LogP contribution < -0.4 is 0 Å². The van der Waals surface area contributed by atoms with Gasteiger partial charge in [0.15, 0.2) is 5.60 Å². The maximum atomic E-state index is 12.7. The summed E-state index contributed by atoms with van der Waals surface area (Å²) < 4.78 is 17.5. The van der Waals surface area contributed by atoms with Gasteiger partial charge in [-0.3, -0.25) is 0 Å². The average molecular weight is 226 g/mol. The van der Waals surface area contributed by atoms with E-state index < -0.39 is 17.4 Å². The molecular formula is C12H15FO3. The molecular weight excluding hydrogens is 211 g/mol. The number of carbonyl (C=O) groups excluding carboxylic acids is 1. The van der Waals surface area contributed by atoms with E-state index in [2.05, 4.69) is 0 Å². The van der Waals surface area contributed by atoms with E-state index in [9.17, 15) is 14.3 Å². The Hall–Kier alpha value is -1.42. The third-order valence-electron chi connectivity index (χ3n) is 2.45. The van der Waals surface area contributed by atoms with Crippen molar-refractivity contribution in [1.29, 1.82) is 0 Å². The molecule has 0 spiro atoms. The zero-order valence-corrected chi connectivity index (χ0v) is 9.37. The minimum absolute atomic E-state index is 0.178. The van der Waals surface area contributed by atoms with Gasteiger partial charge >= 0.3 is 5.97 Å². The number of halogens is 1. The summed E-state index contributed by atoms with van der Waals surface area (Å²) in [6.07, 6.45) is 0.178. The standard InChI is InChI=1S/C12H15FO3/c1-3-12(15,11(14)16-4-2)9-5-7-10(13)8-6-9/h5-8,15H,3-4H2,1-2H3. The summed E-state index contributed by atoms with van der Waals surface area (Å²) in [6, 6.07) is 5.18. The lowest BCUT2D eigenvalue weighted by molar-refractivity contribution is -0.166. The van der Waals surface area contributed by atoms with Gasteiger partial charge in [0, 0.05) is 0 Å². The van der Waals surface area contributed by atoms with Crippen LogP contribution in [0.4, 0.5) is 4.39 Å². The Morgan fingerprint density at radius 2 is 1.94 bits per heavy atom. The molecule has 0 saturated carbocycles. The molecule has 1 aromatic rings. The molecule has 4 heteroatoms. The van der Waals surface area contributed by atoms with E-state index in [1.165, 1.54) is 24.3 Å². The molecule has 88 valence electrons. The van der Waals surface area contributed by atoms with Crippen molar-refractivity contribution in [2.24, 2.45) is 0 Å². The number of benzene rings is 1. The van der Waals surface area contributed by atoms with Gasteiger partial charge in [0.25, 0.3) is 0 Å². The van der Waals surface area contributed by atoms with Gasteiger partial charge in [0.1, 0.15) is 5.82 Å². The predicted octanol–water partition coefficient (Wildman–Crippen LogP) is 1.99. The third kappa shape index (κ3) is 2.39. The first-order valence-corrected chi connectivity index (χ1v) is 5.20. The smallest absolute Gasteiger partial charge is 0.342 e. The summed E-state index contributed by atoms with van der Waals surface area (Å²) in [4.78, 5) is 11.6. The van der Waals surface area contributed by atoms with E-state index in [-0.39, 0.29) is 13.0 Å². The Balaban J connectivity index is 3.04. The number of ether oxygens (including phenoxy) is 1. The molecule has 1 atom stereocenters. The van der Waals surface area contributed by atoms with Gasteiger partial charge in [0.2, 0.25) is 0 Å². The van der Waals surface area contributed by atoms with E-state index in [0.29, 0.717) is 5.56 Å². The third-order valence-corrected chi connectivity index (χ3v) is 2.45. The summed E-state index contributed by atoms with van der Waals surface area (Å²) in [5.74, 6) is -1.12. The molecule has 0 aliphatic rings. The number of hydrogen-bond acceptors (Lipinski definition) is 3. The Bertz CT molecular complexity index is 361. The fourth-order valence-electron chi connectivity index (χ4n) is 1.44. The normalized spacial score (nSPS) is 14.2. The monoisotopic (exact) mass is 226 g/mol. The average Bonchev–Trinajstić information content (AvgIpc) is 2.29. The summed E-state index contributed by atoms with van der Waals surface area (Å²) in [7, 11) is 0. The van der Waals surface area contributed by atoms with E-state index in [1.54, 1.807) is 13.8 Å². The van der Waals surface area contributed by atoms with Gasteiger partial charge in [-0.15, -0.1) is 0 Å². The van der Waals surface area contributed by atoms with Crippen molar-refractivity contribution in [3.63, 3.8) is 0 Å². The zero-order chi connectivity index (χ0) is 12.2. The highest BCUT2D eigenvalue weighted by molar-refractivity contribution is 5.81. The lowest BCUT2D eigenvalue weighted by Crippen LogP contribution is -2.36. The first kappa shape index (κ1) is 12.6. The Labute approximate surface area is 93.9 Å². The minimum atomic E-state index is -1.69. The van der Waals surface area contributed by atoms with Gasteiger partial charge in [-0.05, 0) is 31.0 Å². The fraction of sp³-hybridized carbons (Fsp3) is 0.417. The van der Waals surface area contributed by atoms with Gasteiger partial charge < -0.3 is 9.84 Å². The van der Waals surface area contributed by atoms with Crippen LogP contribution in [0.25, 0.3) is 0 Å². The summed E-state index contributed by atoms with van der Waals surface area (Å²) in [5.41, 5.74) is -1.35. The van der Waals surface area contributed by atoms with Crippen molar-refractivity contribution in [2.45, 2.75) is 25.9 Å². The SMILES string of the molecule is CCOC(=O)C(O)(CC)c1ccc(F)cc1. The van der Waals surface area contributed by atoms with Crippen molar-refractivity contribution in [2.75, 3.05) is 6.61 Å². The molecule has 0 bridgehead atoms. The van der Waals surface area contributed by atoms with Crippen LogP contribution in [-0.2, 0) is 15.1 Å². The van der Waals surface area contributed by atoms with Crippen LogP contribution in [0.2, 0.25) is 0 Å². The molecule has 16 heavy (non-hydrogen) atoms. The highest BCUT2D eigenvalue weighted by Gasteiger charge is 2.37. The lowest BCUT2D eigenvalue weighted by atomic mass is 9.91. The van der Waals surface area contributed by atoms with Crippen LogP contribution in [0.15, 0.2) is 24.3 Å². The molecule has 0 saturated heterocycles. The van der Waals surface area contributed by atoms with E-state index in [1.807, 2.05) is 0 Å². The van der Waals surface area contributed by atoms with Crippen molar-refractivity contribution in [3.05, 3.63) is 35.6 Å². The number of esters is 1. The van der Waals surface area contributed by atoms with Crippen molar-refractivity contribution < 1.29 is 19.0 Å². The first-order chi connectivity index (χ1) is 7.54. The molecule has 1 unspecified atom stereocenters. The van der Waals surface area contributed by atoms with Crippen LogP contribution in [0.1, 0.15) is 25.8 Å². The highest BCUT2D eigenvalue weighted by atomic mass is 19.1. The number of aliphatic hydroxyl groups is 1. The van der Waals surface area contributed by atoms with Crippen molar-refractivity contribution in [1.82, 2.24) is 0 Å². The number of rotatable bonds is 4. The molecule has 1 rings (SSSR count). The second-order valence-electron chi connectivity index (χ2n) is 3.44. The molecule has 0 radical (unpaired) electrons. The Morgan fingerprint density at radius 3 is 2.38 bits per heavy atom. The number of hydrogen-bond donors (Lipinski definition) is 1. The second kappa shape index (κ2) is 5.07. The summed E-state index contributed by atoms with van der Waals surface area (Å²) in [6.45, 7) is 3.53. The maximum Gasteiger partial charge on any atom is 0.342 e. The largest absolute Gasteiger partial charge is 0.464 e. The fourth-order valence-corrected chi connectivity index (χ4v) is 1.44. The van der Waals surface area contributed by atoms with Gasteiger partial charge in [-0.25, -0.2) is 9.18 Å². The topological polar surface area (TPSA) is 46.5 Å². The van der Waals surface area contributed by atoms with Crippen molar-refractivity contribution in [3.8, 4) is 0 Å². The van der Waals surface area contributed by atoms with Crippen molar-refractivity contribution >= 4 is 5.97 Å². The Kier molecular flexibility index (Phi) is 4.01. The zero-order valence-electron chi connectivity index (χ0n) is 9.37. The second-order valence-corrected chi connectivity index (χ2v) is 3.44. The molecule has 3 nitrogen and oxygen atoms in total. The molecule has 0 amide bonds. The van der Waals surface area contributed by atoms with Crippen LogP contribution in [-0.4, -0.2) is 17.7 Å². The quantitative estimate of drug-likeness (QED) is 0.798. The van der Waals surface area contributed by atoms with Crippen LogP contribution >= 0.6 is 0 Å². The van der Waals surface area contributed by atoms with Gasteiger partial charge in [-0.1, -0.05) is 19.1 Å². The molecule has 0 aliphatic heterocycles. The summed E-state index contributed by atoms with van der Waals surface area (Å²) in [5, 5.41) is 10.2. The molecule has 1 aromatic carbocycles. The first-order valence-electron chi connectivity index (χ1n) is 5.20. The maximum absolute atomic E-state index is 12.7. The molecule has 1 N–H and O–H groups in total. The molecule has 0 aliphatic carbocycles. The molecule has 0 aromatic heterocycles. The lowest BCUT2D eigenvalue weighted by Gasteiger charge is -2.24.